The molecule has 0 aliphatic rings. The van der Waals surface area contributed by atoms with Gasteiger partial charge < -0.3 is 10.1 Å². The highest BCUT2D eigenvalue weighted by atomic mass is 35.5. The molecule has 0 radical (unpaired) electrons. The van der Waals surface area contributed by atoms with Crippen LogP contribution >= 0.6 is 11.6 Å². The number of ether oxygens (including phenoxy) is 1. The van der Waals surface area contributed by atoms with Gasteiger partial charge in [-0.25, -0.2) is 0 Å². The molecule has 0 bridgehead atoms. The van der Waals surface area contributed by atoms with Crippen LogP contribution in [0.25, 0.3) is 0 Å². The van der Waals surface area contributed by atoms with Gasteiger partial charge in [-0.3, -0.25) is 0 Å². The van der Waals surface area contributed by atoms with Crippen molar-refractivity contribution in [1.82, 2.24) is 5.32 Å². The molecule has 1 N–H and O–H groups in total. The topological polar surface area (TPSA) is 21.3 Å². The van der Waals surface area contributed by atoms with E-state index in [2.05, 4.69) is 12.2 Å². The van der Waals surface area contributed by atoms with Gasteiger partial charge in [-0.2, -0.15) is 0 Å². The fourth-order valence-electron chi connectivity index (χ4n) is 1.74. The van der Waals surface area contributed by atoms with Crippen LogP contribution in [-0.4, -0.2) is 19.7 Å². The van der Waals surface area contributed by atoms with Gasteiger partial charge in [0, 0.05) is 11.6 Å². The van der Waals surface area contributed by atoms with E-state index in [0.29, 0.717) is 6.61 Å². The van der Waals surface area contributed by atoms with Crippen molar-refractivity contribution in [3.8, 4) is 0 Å². The molecule has 1 aromatic rings. The Hall–Kier alpha value is -0.570. The lowest BCUT2D eigenvalue weighted by atomic mass is 10.2. The third-order valence-corrected chi connectivity index (χ3v) is 3.21. The summed E-state index contributed by atoms with van der Waals surface area (Å²) in [4.78, 5) is 0. The molecule has 0 aliphatic heterocycles. The number of benzene rings is 1. The van der Waals surface area contributed by atoms with Crippen LogP contribution in [0.3, 0.4) is 0 Å². The first-order chi connectivity index (χ1) is 8.84. The van der Waals surface area contributed by atoms with Gasteiger partial charge in [0.1, 0.15) is 0 Å². The van der Waals surface area contributed by atoms with Crippen molar-refractivity contribution < 1.29 is 4.74 Å². The van der Waals surface area contributed by atoms with Crippen molar-refractivity contribution in [2.24, 2.45) is 0 Å². The molecule has 0 saturated heterocycles. The van der Waals surface area contributed by atoms with Crippen molar-refractivity contribution in [1.29, 1.82) is 0 Å². The van der Waals surface area contributed by atoms with Gasteiger partial charge >= 0.3 is 0 Å². The fourth-order valence-corrected chi connectivity index (χ4v) is 1.93. The van der Waals surface area contributed by atoms with Crippen molar-refractivity contribution in [3.63, 3.8) is 0 Å². The molecule has 0 amide bonds. The number of halogens is 1. The Balaban J connectivity index is 1.94. The average Bonchev–Trinajstić information content (AvgIpc) is 2.39. The van der Waals surface area contributed by atoms with Crippen LogP contribution < -0.4 is 5.32 Å². The highest BCUT2D eigenvalue weighted by molar-refractivity contribution is 6.31. The van der Waals surface area contributed by atoms with E-state index >= 15 is 0 Å². The van der Waals surface area contributed by atoms with E-state index in [0.717, 1.165) is 30.3 Å². The monoisotopic (exact) mass is 269 g/mol. The zero-order valence-corrected chi connectivity index (χ0v) is 12.0. The van der Waals surface area contributed by atoms with E-state index in [4.69, 9.17) is 16.3 Å². The maximum Gasteiger partial charge on any atom is 0.0731 e. The minimum Gasteiger partial charge on any atom is -0.375 e. The molecule has 0 fully saturated rings. The predicted octanol–water partition coefficient (Wildman–Crippen LogP) is 4.03. The Morgan fingerprint density at radius 3 is 2.72 bits per heavy atom. The Labute approximate surface area is 116 Å². The van der Waals surface area contributed by atoms with Crippen LogP contribution in [0.4, 0.5) is 0 Å². The molecule has 3 heteroatoms. The molecule has 102 valence electrons. The Morgan fingerprint density at radius 1 is 1.11 bits per heavy atom. The summed E-state index contributed by atoms with van der Waals surface area (Å²) < 4.78 is 5.58. The summed E-state index contributed by atoms with van der Waals surface area (Å²) in [5.41, 5.74) is 1.06. The zero-order chi connectivity index (χ0) is 13.1. The lowest BCUT2D eigenvalue weighted by Crippen LogP contribution is -2.20. The minimum atomic E-state index is 0.594. The van der Waals surface area contributed by atoms with E-state index in [1.165, 1.54) is 25.7 Å². The molecule has 0 aromatic heterocycles. The molecule has 1 aromatic carbocycles. The molecule has 0 atom stereocenters. The number of unbranched alkanes of at least 4 members (excludes halogenated alkanes) is 3. The Kier molecular flexibility index (Phi) is 8.92. The number of hydrogen-bond donors (Lipinski definition) is 1. The van der Waals surface area contributed by atoms with Crippen molar-refractivity contribution in [3.05, 3.63) is 34.9 Å². The van der Waals surface area contributed by atoms with Gasteiger partial charge in [-0.1, -0.05) is 56.0 Å². The van der Waals surface area contributed by atoms with Crippen molar-refractivity contribution in [2.75, 3.05) is 19.7 Å². The molecule has 0 heterocycles. The lowest BCUT2D eigenvalue weighted by Gasteiger charge is -2.07. The van der Waals surface area contributed by atoms with Crippen LogP contribution in [0, 0.1) is 0 Å². The van der Waals surface area contributed by atoms with Crippen LogP contribution in [0.1, 0.15) is 38.2 Å². The van der Waals surface area contributed by atoms with Gasteiger partial charge in [-0.05, 0) is 24.6 Å². The molecular formula is C15H24ClNO. The van der Waals surface area contributed by atoms with Gasteiger partial charge in [0.15, 0.2) is 0 Å². The summed E-state index contributed by atoms with van der Waals surface area (Å²) in [6.07, 6.45) is 5.22. The standard InChI is InChI=1S/C15H24ClNO/c1-2-3-4-7-10-17-11-12-18-13-14-8-5-6-9-15(14)16/h5-6,8-9,17H,2-4,7,10-13H2,1H3. The first-order valence-electron chi connectivity index (χ1n) is 6.86. The smallest absolute Gasteiger partial charge is 0.0731 e. The largest absolute Gasteiger partial charge is 0.375 e. The molecule has 0 spiro atoms. The third-order valence-electron chi connectivity index (χ3n) is 2.85. The second-order valence-electron chi connectivity index (χ2n) is 4.45. The van der Waals surface area contributed by atoms with Gasteiger partial charge in [0.2, 0.25) is 0 Å². The second kappa shape index (κ2) is 10.4. The van der Waals surface area contributed by atoms with Crippen LogP contribution in [0.15, 0.2) is 24.3 Å². The summed E-state index contributed by atoms with van der Waals surface area (Å²) >= 11 is 6.04. The van der Waals surface area contributed by atoms with Gasteiger partial charge in [0.05, 0.1) is 13.2 Å². The maximum absolute atomic E-state index is 6.04. The lowest BCUT2D eigenvalue weighted by molar-refractivity contribution is 0.123. The van der Waals surface area contributed by atoms with Crippen LogP contribution in [0.5, 0.6) is 0 Å². The van der Waals surface area contributed by atoms with E-state index in [-0.39, 0.29) is 0 Å². The van der Waals surface area contributed by atoms with E-state index in [1.54, 1.807) is 0 Å². The van der Waals surface area contributed by atoms with Gasteiger partial charge in [-0.15, -0.1) is 0 Å². The quantitative estimate of drug-likeness (QED) is 0.648. The number of nitrogens with one attached hydrogen (secondary N) is 1. The fraction of sp³-hybridized carbons (Fsp3) is 0.600. The molecule has 1 rings (SSSR count). The summed E-state index contributed by atoms with van der Waals surface area (Å²) in [7, 11) is 0. The molecular weight excluding hydrogens is 246 g/mol. The Bertz CT molecular complexity index is 317. The van der Waals surface area contributed by atoms with Crippen LogP contribution in [-0.2, 0) is 11.3 Å². The molecule has 0 aliphatic carbocycles. The second-order valence-corrected chi connectivity index (χ2v) is 4.86. The third kappa shape index (κ3) is 7.00. The molecule has 2 nitrogen and oxygen atoms in total. The van der Waals surface area contributed by atoms with Crippen molar-refractivity contribution in [2.45, 2.75) is 39.2 Å². The average molecular weight is 270 g/mol. The van der Waals surface area contributed by atoms with Crippen LogP contribution in [0.2, 0.25) is 5.02 Å². The van der Waals surface area contributed by atoms with Gasteiger partial charge in [0.25, 0.3) is 0 Å². The van der Waals surface area contributed by atoms with E-state index < -0.39 is 0 Å². The highest BCUT2D eigenvalue weighted by Gasteiger charge is 1.98. The first kappa shape index (κ1) is 15.5. The number of rotatable bonds is 10. The highest BCUT2D eigenvalue weighted by Crippen LogP contribution is 2.15. The minimum absolute atomic E-state index is 0.594. The summed E-state index contributed by atoms with van der Waals surface area (Å²) in [5, 5.41) is 4.17. The summed E-state index contributed by atoms with van der Waals surface area (Å²) in [6.45, 7) is 5.57. The predicted molar refractivity (Wildman–Crippen MR) is 78.1 cm³/mol. The molecule has 0 saturated carbocycles. The van der Waals surface area contributed by atoms with Crippen molar-refractivity contribution >= 4 is 11.6 Å². The maximum atomic E-state index is 6.04. The number of hydrogen-bond acceptors (Lipinski definition) is 2. The Morgan fingerprint density at radius 2 is 1.94 bits per heavy atom. The normalized spacial score (nSPS) is 10.8. The first-order valence-corrected chi connectivity index (χ1v) is 7.24. The molecule has 0 unspecified atom stereocenters. The SMILES string of the molecule is CCCCCCNCCOCc1ccccc1Cl. The summed E-state index contributed by atoms with van der Waals surface area (Å²) in [5.74, 6) is 0. The zero-order valence-electron chi connectivity index (χ0n) is 11.3. The van der Waals surface area contributed by atoms with E-state index in [9.17, 15) is 0 Å². The summed E-state index contributed by atoms with van der Waals surface area (Å²) in [6, 6.07) is 7.81. The van der Waals surface area contributed by atoms with E-state index in [1.807, 2.05) is 24.3 Å². The molecule has 18 heavy (non-hydrogen) atoms.